The number of ether oxygens (including phenoxy) is 1. The molecular formula is C24H40NNaO4. The Morgan fingerprint density at radius 1 is 0.900 bits per heavy atom. The predicted octanol–water partition coefficient (Wildman–Crippen LogP) is 3.93. The zero-order valence-electron chi connectivity index (χ0n) is 20.3. The number of amides is 1. The molecular weight excluding hydrogens is 389 g/mol. The fourth-order valence-electron chi connectivity index (χ4n) is 3.45. The van der Waals surface area contributed by atoms with Gasteiger partial charge in [-0.2, -0.15) is 0 Å². The molecule has 0 aliphatic rings. The number of hydrogen-bond acceptors (Lipinski definition) is 3. The van der Waals surface area contributed by atoms with E-state index < -0.39 is 5.97 Å². The molecule has 1 amide bonds. The summed E-state index contributed by atoms with van der Waals surface area (Å²) in [6.07, 6.45) is 17.0. The van der Waals surface area contributed by atoms with Gasteiger partial charge in [0, 0.05) is 6.42 Å². The Bertz CT molecular complexity index is 613. The third kappa shape index (κ3) is 13.3. The van der Waals surface area contributed by atoms with Crippen LogP contribution in [0.4, 0.5) is 5.69 Å². The van der Waals surface area contributed by atoms with Crippen LogP contribution in [0.15, 0.2) is 18.2 Å². The van der Waals surface area contributed by atoms with Gasteiger partial charge in [-0.15, -0.1) is 0 Å². The summed E-state index contributed by atoms with van der Waals surface area (Å²) < 4.78 is 5.20. The molecule has 0 unspecified atom stereocenters. The molecule has 1 rings (SSSR count). The van der Waals surface area contributed by atoms with Crippen LogP contribution in [0.3, 0.4) is 0 Å². The summed E-state index contributed by atoms with van der Waals surface area (Å²) in [6.45, 7) is 2.25. The van der Waals surface area contributed by atoms with Gasteiger partial charge < -0.3 is 16.6 Å². The van der Waals surface area contributed by atoms with Crippen LogP contribution in [-0.2, 0) is 4.79 Å². The van der Waals surface area contributed by atoms with Crippen LogP contribution in [0.5, 0.6) is 5.75 Å². The van der Waals surface area contributed by atoms with Gasteiger partial charge in [0.25, 0.3) is 0 Å². The minimum absolute atomic E-state index is 0. The average molecular weight is 430 g/mol. The van der Waals surface area contributed by atoms with Gasteiger partial charge in [-0.1, -0.05) is 84.0 Å². The van der Waals surface area contributed by atoms with Gasteiger partial charge in [-0.3, -0.25) is 4.79 Å². The number of rotatable bonds is 17. The first kappa shape index (κ1) is 29.0. The van der Waals surface area contributed by atoms with Crippen LogP contribution >= 0.6 is 0 Å². The molecule has 0 fully saturated rings. The van der Waals surface area contributed by atoms with Crippen molar-refractivity contribution >= 4 is 17.6 Å². The summed E-state index contributed by atoms with van der Waals surface area (Å²) in [5, 5.41) is 11.9. The zero-order valence-corrected chi connectivity index (χ0v) is 21.3. The number of hydrogen-bond donors (Lipinski definition) is 2. The summed E-state index contributed by atoms with van der Waals surface area (Å²) in [5.74, 6) is -0.665. The van der Waals surface area contributed by atoms with E-state index in [9.17, 15) is 9.59 Å². The van der Waals surface area contributed by atoms with Crippen LogP contribution < -0.4 is 39.6 Å². The molecule has 0 aliphatic heterocycles. The molecule has 0 bridgehead atoms. The minimum atomic E-state index is -1.03. The number of aromatic carboxylic acids is 1. The summed E-state index contributed by atoms with van der Waals surface area (Å²) in [5.41, 5.74) is 0.536. The van der Waals surface area contributed by atoms with E-state index in [4.69, 9.17) is 9.84 Å². The Hall–Kier alpha value is -1.04. The second-order valence-electron chi connectivity index (χ2n) is 7.76. The Morgan fingerprint density at radius 2 is 1.40 bits per heavy atom. The third-order valence-electron chi connectivity index (χ3n) is 5.23. The SMILES string of the molecule is CCCCCCCCCCCCCCCC(=O)Nc1cc(C(=O)O)ccc1OC.[H-].[Na+]. The van der Waals surface area contributed by atoms with E-state index >= 15 is 0 Å². The fourth-order valence-corrected chi connectivity index (χ4v) is 3.45. The van der Waals surface area contributed by atoms with Crippen LogP contribution in [0, 0.1) is 0 Å². The second-order valence-corrected chi connectivity index (χ2v) is 7.76. The fraction of sp³-hybridized carbons (Fsp3) is 0.667. The molecule has 2 N–H and O–H groups in total. The van der Waals surface area contributed by atoms with Gasteiger partial charge in [-0.05, 0) is 24.6 Å². The van der Waals surface area contributed by atoms with E-state index in [0.717, 1.165) is 12.8 Å². The number of benzene rings is 1. The van der Waals surface area contributed by atoms with E-state index in [1.807, 2.05) is 0 Å². The normalized spacial score (nSPS) is 10.3. The zero-order chi connectivity index (χ0) is 21.3. The average Bonchev–Trinajstić information content (AvgIpc) is 2.71. The molecule has 0 atom stereocenters. The number of carbonyl (C=O) groups is 2. The Balaban J connectivity index is 0. The molecule has 30 heavy (non-hydrogen) atoms. The molecule has 6 heteroatoms. The van der Waals surface area contributed by atoms with Gasteiger partial charge in [0.05, 0.1) is 18.4 Å². The number of anilines is 1. The van der Waals surface area contributed by atoms with Gasteiger partial charge in [-0.25, -0.2) is 4.79 Å². The molecule has 0 saturated heterocycles. The van der Waals surface area contributed by atoms with Crippen molar-refractivity contribution in [2.45, 2.75) is 96.8 Å². The summed E-state index contributed by atoms with van der Waals surface area (Å²) in [6, 6.07) is 4.45. The number of carbonyl (C=O) groups excluding carboxylic acids is 1. The molecule has 1 aromatic rings. The molecule has 0 aliphatic carbocycles. The smallest absolute Gasteiger partial charge is 1.00 e. The van der Waals surface area contributed by atoms with Crippen molar-refractivity contribution < 1.29 is 50.4 Å². The van der Waals surface area contributed by atoms with Crippen molar-refractivity contribution in [3.05, 3.63) is 23.8 Å². The maximum absolute atomic E-state index is 12.1. The van der Waals surface area contributed by atoms with Crippen LogP contribution in [0.25, 0.3) is 0 Å². The number of unbranched alkanes of at least 4 members (excludes halogenated alkanes) is 12. The van der Waals surface area contributed by atoms with Gasteiger partial charge in [0.15, 0.2) is 0 Å². The maximum Gasteiger partial charge on any atom is 1.00 e. The van der Waals surface area contributed by atoms with Gasteiger partial charge in [0.2, 0.25) is 5.91 Å². The molecule has 0 heterocycles. The molecule has 0 aromatic heterocycles. The first-order valence-corrected chi connectivity index (χ1v) is 11.3. The molecule has 0 radical (unpaired) electrons. The first-order chi connectivity index (χ1) is 14.1. The Kier molecular flexibility index (Phi) is 18.1. The van der Waals surface area contributed by atoms with Crippen LogP contribution in [0.2, 0.25) is 0 Å². The summed E-state index contributed by atoms with van der Waals surface area (Å²) in [4.78, 5) is 23.2. The topological polar surface area (TPSA) is 75.6 Å². The van der Waals surface area contributed by atoms with E-state index in [2.05, 4.69) is 12.2 Å². The molecule has 0 saturated carbocycles. The number of methoxy groups -OCH3 is 1. The van der Waals surface area contributed by atoms with Crippen LogP contribution in [-0.4, -0.2) is 24.1 Å². The van der Waals surface area contributed by atoms with Crippen molar-refractivity contribution in [3.63, 3.8) is 0 Å². The quantitative estimate of drug-likeness (QED) is 0.291. The van der Waals surface area contributed by atoms with E-state index in [1.54, 1.807) is 6.07 Å². The first-order valence-electron chi connectivity index (χ1n) is 11.3. The number of nitrogens with one attached hydrogen (secondary N) is 1. The maximum atomic E-state index is 12.1. The monoisotopic (exact) mass is 429 g/mol. The van der Waals surface area contributed by atoms with Crippen molar-refractivity contribution in [1.82, 2.24) is 0 Å². The van der Waals surface area contributed by atoms with Crippen molar-refractivity contribution in [1.29, 1.82) is 0 Å². The van der Waals surface area contributed by atoms with E-state index in [-0.39, 0.29) is 42.5 Å². The molecule has 1 aromatic carbocycles. The van der Waals surface area contributed by atoms with Gasteiger partial charge in [0.1, 0.15) is 5.75 Å². The number of carboxylic acids is 1. The van der Waals surface area contributed by atoms with E-state index in [0.29, 0.717) is 17.9 Å². The molecule has 5 nitrogen and oxygen atoms in total. The molecule has 0 spiro atoms. The van der Waals surface area contributed by atoms with Crippen molar-refractivity contribution in [2.24, 2.45) is 0 Å². The largest absolute Gasteiger partial charge is 1.00 e. The van der Waals surface area contributed by atoms with Crippen molar-refractivity contribution in [2.75, 3.05) is 12.4 Å². The summed E-state index contributed by atoms with van der Waals surface area (Å²) >= 11 is 0. The molecule has 166 valence electrons. The minimum Gasteiger partial charge on any atom is -1.00 e. The second kappa shape index (κ2) is 18.7. The standard InChI is InChI=1S/C24H39NO4.Na.H/c1-3-4-5-6-7-8-9-10-11-12-13-14-15-16-23(26)25-21-19-20(24(27)28)17-18-22(21)29-2;;/h17-19H,3-16H2,1-2H3,(H,25,26)(H,27,28);;/q;+1;-1. The summed E-state index contributed by atoms with van der Waals surface area (Å²) in [7, 11) is 1.50. The van der Waals surface area contributed by atoms with Crippen molar-refractivity contribution in [3.8, 4) is 5.75 Å². The van der Waals surface area contributed by atoms with E-state index in [1.165, 1.54) is 89.9 Å². The number of carboxylic acid groups (broad SMARTS) is 1. The Morgan fingerprint density at radius 3 is 1.87 bits per heavy atom. The predicted molar refractivity (Wildman–Crippen MR) is 120 cm³/mol. The third-order valence-corrected chi connectivity index (χ3v) is 5.23. The van der Waals surface area contributed by atoms with Gasteiger partial charge >= 0.3 is 35.5 Å². The Labute approximate surface area is 206 Å². The van der Waals surface area contributed by atoms with Crippen LogP contribution in [0.1, 0.15) is 109 Å².